The summed E-state index contributed by atoms with van der Waals surface area (Å²) in [5.74, 6) is -5.26. The van der Waals surface area contributed by atoms with Crippen molar-refractivity contribution in [3.63, 3.8) is 0 Å². The van der Waals surface area contributed by atoms with E-state index < -0.39 is 96.0 Å². The Morgan fingerprint density at radius 1 is 0.907 bits per heavy atom. The van der Waals surface area contributed by atoms with E-state index in [0.717, 1.165) is 5.56 Å². The van der Waals surface area contributed by atoms with E-state index in [9.17, 15) is 19.2 Å². The molecule has 0 saturated heterocycles. The summed E-state index contributed by atoms with van der Waals surface area (Å²) in [6.07, 6.45) is -2.49. The standard InChI is InChI=1S/C32H47N7O4/c1-22(40)27(15-8-9-17-33)38-30(42)25(19-23-11-4-2-5-12-23)21-29(41)28(16-10-18-37-32(35)36)39-31(43)26(34)20-24-13-6-3-7-14-24/h2-7,11-14,25-28H,8-10,15-21,33-34H2,1H3,(H,38,42)(H,39,43)(H4,35,36,37)/t25-,26+,27+,28-/m1/s1/i2D,4D,5D,11D,12D,19D2. The van der Waals surface area contributed by atoms with E-state index in [4.69, 9.17) is 32.5 Å². The van der Waals surface area contributed by atoms with Crippen molar-refractivity contribution in [2.24, 2.45) is 33.8 Å². The lowest BCUT2D eigenvalue weighted by molar-refractivity contribution is -0.133. The molecule has 4 atom stereocenters. The Bertz CT molecular complexity index is 1510. The fourth-order valence-electron chi connectivity index (χ4n) is 4.25. The van der Waals surface area contributed by atoms with Gasteiger partial charge in [0, 0.05) is 21.6 Å². The first-order valence-electron chi connectivity index (χ1n) is 17.7. The molecule has 234 valence electrons. The second-order valence-corrected chi connectivity index (χ2v) is 10.1. The van der Waals surface area contributed by atoms with Crippen LogP contribution in [-0.2, 0) is 32.0 Å². The van der Waals surface area contributed by atoms with Gasteiger partial charge in [0.05, 0.1) is 25.0 Å². The minimum absolute atomic E-state index is 0.0411. The third-order valence-corrected chi connectivity index (χ3v) is 6.58. The van der Waals surface area contributed by atoms with Crippen LogP contribution < -0.4 is 33.6 Å². The molecule has 2 amide bonds. The number of carbonyl (C=O) groups is 4. The Morgan fingerprint density at radius 2 is 1.56 bits per heavy atom. The van der Waals surface area contributed by atoms with Crippen LogP contribution in [-0.4, -0.2) is 60.6 Å². The lowest BCUT2D eigenvalue weighted by Gasteiger charge is -2.24. The van der Waals surface area contributed by atoms with E-state index in [1.54, 1.807) is 30.3 Å². The number of hydrogen-bond donors (Lipinski definition) is 6. The summed E-state index contributed by atoms with van der Waals surface area (Å²) in [6.45, 7) is 1.64. The van der Waals surface area contributed by atoms with Gasteiger partial charge in [-0.3, -0.25) is 24.2 Å². The lowest BCUT2D eigenvalue weighted by Crippen LogP contribution is -2.50. The van der Waals surface area contributed by atoms with E-state index >= 15 is 0 Å². The fraction of sp³-hybridized carbons (Fsp3) is 0.469. The highest BCUT2D eigenvalue weighted by molar-refractivity contribution is 5.94. The number of guanidine groups is 1. The van der Waals surface area contributed by atoms with Gasteiger partial charge in [-0.25, -0.2) is 0 Å². The Kier molecular flexibility index (Phi) is 11.3. The van der Waals surface area contributed by atoms with Crippen molar-refractivity contribution in [2.75, 3.05) is 13.1 Å². The second kappa shape index (κ2) is 19.2. The first kappa shape index (κ1) is 25.4. The maximum absolute atomic E-state index is 14.0. The van der Waals surface area contributed by atoms with Crippen molar-refractivity contribution in [3.05, 3.63) is 71.7 Å². The summed E-state index contributed by atoms with van der Waals surface area (Å²) < 4.78 is 58.9. The van der Waals surface area contributed by atoms with Crippen LogP contribution in [0.5, 0.6) is 0 Å². The summed E-state index contributed by atoms with van der Waals surface area (Å²) in [4.78, 5) is 57.5. The number of nitrogens with two attached hydrogens (primary N) is 4. The number of aliphatic imine (C=N–C) groups is 1. The van der Waals surface area contributed by atoms with E-state index in [2.05, 4.69) is 15.6 Å². The Labute approximate surface area is 264 Å². The zero-order valence-corrected chi connectivity index (χ0v) is 24.4. The van der Waals surface area contributed by atoms with Crippen molar-refractivity contribution in [2.45, 2.75) is 76.4 Å². The number of ketones is 2. The highest BCUT2D eigenvalue weighted by Gasteiger charge is 2.30. The summed E-state index contributed by atoms with van der Waals surface area (Å²) in [6, 6.07) is 1.21. The molecule has 0 aliphatic heterocycles. The number of nitrogens with one attached hydrogen (secondary N) is 2. The molecule has 0 radical (unpaired) electrons. The summed E-state index contributed by atoms with van der Waals surface area (Å²) in [7, 11) is 0. The summed E-state index contributed by atoms with van der Waals surface area (Å²) >= 11 is 0. The largest absolute Gasteiger partial charge is 0.370 e. The Morgan fingerprint density at radius 3 is 2.19 bits per heavy atom. The first-order chi connectivity index (χ1) is 23.4. The predicted octanol–water partition coefficient (Wildman–Crippen LogP) is 1.12. The van der Waals surface area contributed by atoms with Crippen molar-refractivity contribution >= 4 is 29.3 Å². The molecular formula is C32H47N7O4. The molecule has 0 aromatic heterocycles. The average Bonchev–Trinajstić information content (AvgIpc) is 3.06. The quantitative estimate of drug-likeness (QED) is 0.0735. The summed E-state index contributed by atoms with van der Waals surface area (Å²) in [5.41, 5.74) is 22.5. The molecule has 11 nitrogen and oxygen atoms in total. The van der Waals surface area contributed by atoms with E-state index in [1.807, 2.05) is 0 Å². The molecule has 0 heterocycles. The van der Waals surface area contributed by atoms with Crippen LogP contribution in [0.2, 0.25) is 0 Å². The molecule has 2 rings (SSSR count). The van der Waals surface area contributed by atoms with Gasteiger partial charge in [-0.1, -0.05) is 60.5 Å². The number of hydrogen-bond acceptors (Lipinski definition) is 7. The monoisotopic (exact) mass is 600 g/mol. The number of nitrogens with zero attached hydrogens (tertiary/aromatic N) is 1. The van der Waals surface area contributed by atoms with Gasteiger partial charge in [0.15, 0.2) is 17.5 Å². The van der Waals surface area contributed by atoms with Gasteiger partial charge in [0.1, 0.15) is 0 Å². The minimum atomic E-state index is -3.04. The second-order valence-electron chi connectivity index (χ2n) is 10.1. The van der Waals surface area contributed by atoms with Crippen LogP contribution in [0.3, 0.4) is 0 Å². The highest BCUT2D eigenvalue weighted by atomic mass is 16.2. The molecule has 0 saturated carbocycles. The topological polar surface area (TPSA) is 209 Å². The number of rotatable bonds is 20. The third kappa shape index (κ3) is 13.6. The molecular weight excluding hydrogens is 546 g/mol. The van der Waals surface area contributed by atoms with Crippen LogP contribution in [0.4, 0.5) is 0 Å². The average molecular weight is 601 g/mol. The molecule has 43 heavy (non-hydrogen) atoms. The van der Waals surface area contributed by atoms with E-state index in [0.29, 0.717) is 19.4 Å². The number of Topliss-reactive ketones (excluding diaryl/α,β-unsaturated/α-hetero) is 2. The third-order valence-electron chi connectivity index (χ3n) is 6.58. The molecule has 11 heteroatoms. The van der Waals surface area contributed by atoms with Gasteiger partial charge in [0.25, 0.3) is 0 Å². The molecule has 2 aromatic carbocycles. The Balaban J connectivity index is 2.56. The molecule has 0 fully saturated rings. The SMILES string of the molecule is [2H]c1c([2H])c([2H])c(C([2H])([2H])[C@H](CC(=O)[C@@H](CCCN=C(N)N)NC(=O)[C@@H](N)Cc2ccccc2)C(=O)N[C@@H](CCCCN)C(C)=O)c([2H])c1[2H]. The molecule has 0 unspecified atom stereocenters. The van der Waals surface area contributed by atoms with Gasteiger partial charge >= 0.3 is 0 Å². The van der Waals surface area contributed by atoms with Crippen LogP contribution in [0.15, 0.2) is 65.5 Å². The van der Waals surface area contributed by atoms with Crippen LogP contribution >= 0.6 is 0 Å². The van der Waals surface area contributed by atoms with Crippen molar-refractivity contribution in [1.82, 2.24) is 10.6 Å². The van der Waals surface area contributed by atoms with Crippen molar-refractivity contribution in [3.8, 4) is 0 Å². The van der Waals surface area contributed by atoms with Gasteiger partial charge in [-0.05, 0) is 69.5 Å². The number of unbranched alkanes of at least 4 members (excludes halogenated alkanes) is 1. The number of carbonyl (C=O) groups excluding carboxylic acids is 4. The van der Waals surface area contributed by atoms with E-state index in [1.165, 1.54) is 6.92 Å². The minimum Gasteiger partial charge on any atom is -0.370 e. The van der Waals surface area contributed by atoms with Crippen LogP contribution in [0, 0.1) is 5.92 Å². The van der Waals surface area contributed by atoms with Crippen LogP contribution in [0.1, 0.15) is 66.2 Å². The van der Waals surface area contributed by atoms with Crippen LogP contribution in [0.25, 0.3) is 0 Å². The van der Waals surface area contributed by atoms with Crippen molar-refractivity contribution < 1.29 is 28.8 Å². The van der Waals surface area contributed by atoms with Gasteiger partial charge in [-0.15, -0.1) is 0 Å². The predicted molar refractivity (Wildman–Crippen MR) is 169 cm³/mol. The van der Waals surface area contributed by atoms with Gasteiger partial charge in [0.2, 0.25) is 11.8 Å². The first-order valence-corrected chi connectivity index (χ1v) is 14.2. The molecule has 0 aliphatic rings. The van der Waals surface area contributed by atoms with Gasteiger partial charge in [-0.2, -0.15) is 0 Å². The molecule has 0 aliphatic carbocycles. The zero-order valence-electron chi connectivity index (χ0n) is 31.4. The van der Waals surface area contributed by atoms with Gasteiger partial charge < -0.3 is 33.6 Å². The summed E-state index contributed by atoms with van der Waals surface area (Å²) in [5, 5.41) is 5.10. The maximum Gasteiger partial charge on any atom is 0.237 e. The highest BCUT2D eigenvalue weighted by Crippen LogP contribution is 2.17. The van der Waals surface area contributed by atoms with Crippen molar-refractivity contribution in [1.29, 1.82) is 0 Å². The number of benzene rings is 2. The normalized spacial score (nSPS) is 16.3. The zero-order chi connectivity index (χ0) is 37.8. The number of amides is 2. The lowest BCUT2D eigenvalue weighted by atomic mass is 9.89. The molecule has 10 N–H and O–H groups in total. The Hall–Kier alpha value is -4.09. The fourth-order valence-corrected chi connectivity index (χ4v) is 4.25. The molecule has 0 bridgehead atoms. The maximum atomic E-state index is 14.0. The smallest absolute Gasteiger partial charge is 0.237 e. The molecule has 2 aromatic rings. The van der Waals surface area contributed by atoms with E-state index in [-0.39, 0.29) is 38.2 Å². The molecule has 0 spiro atoms.